The fraction of sp³-hybridized carbons (Fsp3) is 0.0769. The van der Waals surface area contributed by atoms with E-state index in [0.29, 0.717) is 21.8 Å². The summed E-state index contributed by atoms with van der Waals surface area (Å²) in [5, 5.41) is 0.347. The van der Waals surface area contributed by atoms with Crippen LogP contribution < -0.4 is 10.5 Å². The number of alkyl halides is 3. The molecule has 0 unspecified atom stereocenters. The third-order valence-corrected chi connectivity index (χ3v) is 2.73. The smallest absolute Gasteiger partial charge is 0.406 e. The molecule has 2 rings (SSSR count). The van der Waals surface area contributed by atoms with E-state index in [4.69, 9.17) is 17.3 Å². The Morgan fingerprint density at radius 1 is 1.00 bits per heavy atom. The lowest BCUT2D eigenvalue weighted by Gasteiger charge is -2.10. The molecule has 2 nitrogen and oxygen atoms in total. The summed E-state index contributed by atoms with van der Waals surface area (Å²) in [7, 11) is 0. The minimum absolute atomic E-state index is 0.280. The van der Waals surface area contributed by atoms with Crippen LogP contribution in [0, 0.1) is 0 Å². The van der Waals surface area contributed by atoms with Crippen molar-refractivity contribution in [2.24, 2.45) is 0 Å². The molecule has 0 spiro atoms. The zero-order chi connectivity index (χ0) is 14.0. The van der Waals surface area contributed by atoms with Gasteiger partial charge in [-0.25, -0.2) is 0 Å². The summed E-state index contributed by atoms with van der Waals surface area (Å²) >= 11 is 5.87. The zero-order valence-corrected chi connectivity index (χ0v) is 10.3. The number of hydrogen-bond acceptors (Lipinski definition) is 2. The molecule has 0 saturated heterocycles. The summed E-state index contributed by atoms with van der Waals surface area (Å²) < 4.78 is 40.3. The van der Waals surface area contributed by atoms with Crippen molar-refractivity contribution in [3.05, 3.63) is 47.5 Å². The second-order valence-electron chi connectivity index (χ2n) is 3.81. The SMILES string of the molecule is Nc1ccc(-c2cccc(OC(F)(F)F)c2)cc1Cl. The van der Waals surface area contributed by atoms with Gasteiger partial charge in [-0.2, -0.15) is 0 Å². The van der Waals surface area contributed by atoms with E-state index in [9.17, 15) is 13.2 Å². The number of nitrogens with two attached hydrogens (primary N) is 1. The van der Waals surface area contributed by atoms with Crippen LogP contribution in [0.1, 0.15) is 0 Å². The summed E-state index contributed by atoms with van der Waals surface area (Å²) in [6.07, 6.45) is -4.71. The van der Waals surface area contributed by atoms with Crippen LogP contribution in [-0.4, -0.2) is 6.36 Å². The number of ether oxygens (including phenoxy) is 1. The largest absolute Gasteiger partial charge is 0.573 e. The molecule has 0 aliphatic carbocycles. The van der Waals surface area contributed by atoms with Crippen LogP contribution in [0.15, 0.2) is 42.5 Å². The molecule has 0 fully saturated rings. The standard InChI is InChI=1S/C13H9ClF3NO/c14-11-7-9(4-5-12(11)18)8-2-1-3-10(6-8)19-13(15,16)17/h1-7H,18H2. The van der Waals surface area contributed by atoms with Crippen LogP contribution in [0.3, 0.4) is 0 Å². The summed E-state index contributed by atoms with van der Waals surface area (Å²) in [5.74, 6) is -0.280. The lowest BCUT2D eigenvalue weighted by Crippen LogP contribution is -2.17. The molecule has 0 aliphatic heterocycles. The third kappa shape index (κ3) is 3.54. The van der Waals surface area contributed by atoms with Crippen LogP contribution in [0.25, 0.3) is 11.1 Å². The van der Waals surface area contributed by atoms with Crippen molar-refractivity contribution < 1.29 is 17.9 Å². The molecule has 6 heteroatoms. The van der Waals surface area contributed by atoms with Gasteiger partial charge in [0.05, 0.1) is 10.7 Å². The molecule has 0 aliphatic rings. The van der Waals surface area contributed by atoms with Gasteiger partial charge in [-0.1, -0.05) is 29.8 Å². The van der Waals surface area contributed by atoms with E-state index in [0.717, 1.165) is 0 Å². The van der Waals surface area contributed by atoms with Crippen molar-refractivity contribution in [1.29, 1.82) is 0 Å². The average Bonchev–Trinajstić information content (AvgIpc) is 2.31. The van der Waals surface area contributed by atoms with E-state index < -0.39 is 6.36 Å². The van der Waals surface area contributed by atoms with Crippen molar-refractivity contribution in [2.75, 3.05) is 5.73 Å². The lowest BCUT2D eigenvalue weighted by molar-refractivity contribution is -0.274. The maximum atomic E-state index is 12.1. The Labute approximate surface area is 112 Å². The van der Waals surface area contributed by atoms with Crippen molar-refractivity contribution in [1.82, 2.24) is 0 Å². The minimum Gasteiger partial charge on any atom is -0.406 e. The molecule has 0 heterocycles. The molecule has 0 aromatic heterocycles. The van der Waals surface area contributed by atoms with E-state index in [2.05, 4.69) is 4.74 Å². The maximum absolute atomic E-state index is 12.1. The molecule has 0 atom stereocenters. The van der Waals surface area contributed by atoms with Gasteiger partial charge in [-0.15, -0.1) is 13.2 Å². The molecule has 19 heavy (non-hydrogen) atoms. The second-order valence-corrected chi connectivity index (χ2v) is 4.22. The summed E-state index contributed by atoms with van der Waals surface area (Å²) in [6, 6.07) is 10.5. The lowest BCUT2D eigenvalue weighted by atomic mass is 10.1. The summed E-state index contributed by atoms with van der Waals surface area (Å²) in [6.45, 7) is 0. The Hall–Kier alpha value is -1.88. The van der Waals surface area contributed by atoms with Crippen LogP contribution >= 0.6 is 11.6 Å². The molecule has 2 aromatic rings. The van der Waals surface area contributed by atoms with Gasteiger partial charge >= 0.3 is 6.36 Å². The molecule has 100 valence electrons. The first-order chi connectivity index (χ1) is 8.85. The fourth-order valence-corrected chi connectivity index (χ4v) is 1.76. The summed E-state index contributed by atoms with van der Waals surface area (Å²) in [4.78, 5) is 0. The highest BCUT2D eigenvalue weighted by atomic mass is 35.5. The minimum atomic E-state index is -4.71. The van der Waals surface area contributed by atoms with Gasteiger partial charge in [0.25, 0.3) is 0 Å². The fourth-order valence-electron chi connectivity index (χ4n) is 1.58. The highest BCUT2D eigenvalue weighted by Crippen LogP contribution is 2.30. The molecule has 0 amide bonds. The van der Waals surface area contributed by atoms with E-state index in [1.165, 1.54) is 18.2 Å². The first kappa shape index (κ1) is 13.5. The van der Waals surface area contributed by atoms with Gasteiger partial charge < -0.3 is 10.5 Å². The van der Waals surface area contributed by atoms with Crippen LogP contribution in [0.4, 0.5) is 18.9 Å². The van der Waals surface area contributed by atoms with Crippen molar-refractivity contribution >= 4 is 17.3 Å². The Kier molecular flexibility index (Phi) is 3.57. The Bertz CT molecular complexity index is 599. The number of benzene rings is 2. The van der Waals surface area contributed by atoms with Crippen LogP contribution in [0.5, 0.6) is 5.75 Å². The van der Waals surface area contributed by atoms with E-state index >= 15 is 0 Å². The van der Waals surface area contributed by atoms with Crippen LogP contribution in [0.2, 0.25) is 5.02 Å². The monoisotopic (exact) mass is 287 g/mol. The molecule has 2 N–H and O–H groups in total. The maximum Gasteiger partial charge on any atom is 0.573 e. The van der Waals surface area contributed by atoms with Gasteiger partial charge in [0.2, 0.25) is 0 Å². The van der Waals surface area contributed by atoms with Gasteiger partial charge in [-0.3, -0.25) is 0 Å². The van der Waals surface area contributed by atoms with E-state index in [1.54, 1.807) is 24.3 Å². The zero-order valence-electron chi connectivity index (χ0n) is 9.54. The predicted molar refractivity (Wildman–Crippen MR) is 68.0 cm³/mol. The van der Waals surface area contributed by atoms with E-state index in [-0.39, 0.29) is 5.75 Å². The molecule has 2 aromatic carbocycles. The molecule has 0 saturated carbocycles. The quantitative estimate of drug-likeness (QED) is 0.826. The summed E-state index contributed by atoms with van der Waals surface area (Å²) in [5.41, 5.74) is 7.20. The number of halogens is 4. The third-order valence-electron chi connectivity index (χ3n) is 2.40. The Morgan fingerprint density at radius 2 is 1.68 bits per heavy atom. The molecule has 0 radical (unpaired) electrons. The molecule has 0 bridgehead atoms. The number of hydrogen-bond donors (Lipinski definition) is 1. The average molecular weight is 288 g/mol. The number of rotatable bonds is 2. The van der Waals surface area contributed by atoms with Gasteiger partial charge in [-0.05, 0) is 35.4 Å². The van der Waals surface area contributed by atoms with Crippen molar-refractivity contribution in [3.8, 4) is 16.9 Å². The topological polar surface area (TPSA) is 35.2 Å². The van der Waals surface area contributed by atoms with E-state index in [1.807, 2.05) is 0 Å². The normalized spacial score (nSPS) is 11.4. The second kappa shape index (κ2) is 5.01. The van der Waals surface area contributed by atoms with Gasteiger partial charge in [0, 0.05) is 0 Å². The number of nitrogen functional groups attached to an aromatic ring is 1. The highest BCUT2D eigenvalue weighted by Gasteiger charge is 2.31. The van der Waals surface area contributed by atoms with Crippen LogP contribution in [-0.2, 0) is 0 Å². The number of anilines is 1. The first-order valence-corrected chi connectivity index (χ1v) is 5.64. The predicted octanol–water partition coefficient (Wildman–Crippen LogP) is 4.49. The van der Waals surface area contributed by atoms with Crippen molar-refractivity contribution in [2.45, 2.75) is 6.36 Å². The van der Waals surface area contributed by atoms with Crippen molar-refractivity contribution in [3.63, 3.8) is 0 Å². The Morgan fingerprint density at radius 3 is 2.32 bits per heavy atom. The molecular formula is C13H9ClF3NO. The molecular weight excluding hydrogens is 279 g/mol. The van der Waals surface area contributed by atoms with Gasteiger partial charge in [0.1, 0.15) is 5.75 Å². The Balaban J connectivity index is 2.35. The highest BCUT2D eigenvalue weighted by molar-refractivity contribution is 6.33. The first-order valence-electron chi connectivity index (χ1n) is 5.26. The van der Waals surface area contributed by atoms with Gasteiger partial charge in [0.15, 0.2) is 0 Å².